The molecule has 0 saturated carbocycles. The fraction of sp³-hybridized carbons (Fsp3) is 0.357. The summed E-state index contributed by atoms with van der Waals surface area (Å²) in [5.74, 6) is 0. The Morgan fingerprint density at radius 2 is 2.06 bits per heavy atom. The Kier molecular flexibility index (Phi) is 4.12. The molecule has 2 rings (SSSR count). The van der Waals surface area contributed by atoms with Crippen molar-refractivity contribution in [1.82, 2.24) is 15.1 Å². The van der Waals surface area contributed by atoms with Crippen molar-refractivity contribution >= 4 is 0 Å². The topological polar surface area (TPSA) is 50.1 Å². The fourth-order valence-electron chi connectivity index (χ4n) is 1.93. The molecule has 0 spiro atoms. The Hall–Kier alpha value is -1.65. The lowest BCUT2D eigenvalue weighted by atomic mass is 9.93. The van der Waals surface area contributed by atoms with E-state index >= 15 is 0 Å². The molecule has 0 aliphatic heterocycles. The van der Waals surface area contributed by atoms with Gasteiger partial charge in [0.15, 0.2) is 0 Å². The van der Waals surface area contributed by atoms with Crippen LogP contribution in [-0.2, 0) is 12.1 Å². The van der Waals surface area contributed by atoms with Crippen molar-refractivity contribution in [3.63, 3.8) is 0 Å². The maximum Gasteiger partial charge on any atom is 0.0652 e. The van der Waals surface area contributed by atoms with Gasteiger partial charge >= 0.3 is 0 Å². The highest BCUT2D eigenvalue weighted by Crippen LogP contribution is 2.19. The van der Waals surface area contributed by atoms with Crippen LogP contribution in [0.2, 0.25) is 0 Å². The van der Waals surface area contributed by atoms with E-state index in [1.165, 1.54) is 0 Å². The van der Waals surface area contributed by atoms with Crippen molar-refractivity contribution in [2.45, 2.75) is 19.0 Å². The summed E-state index contributed by atoms with van der Waals surface area (Å²) in [5, 5.41) is 17.1. The fourth-order valence-corrected chi connectivity index (χ4v) is 1.93. The molecule has 2 aromatic rings. The summed E-state index contributed by atoms with van der Waals surface area (Å²) < 4.78 is 1.87. The summed E-state index contributed by atoms with van der Waals surface area (Å²) >= 11 is 0. The van der Waals surface area contributed by atoms with Gasteiger partial charge in [0.25, 0.3) is 0 Å². The molecular formula is C14H19N3O. The first-order chi connectivity index (χ1) is 8.74. The summed E-state index contributed by atoms with van der Waals surface area (Å²) in [4.78, 5) is 0. The lowest BCUT2D eigenvalue weighted by Crippen LogP contribution is -2.44. The summed E-state index contributed by atoms with van der Waals surface area (Å²) in [7, 11) is 0. The Bertz CT molecular complexity index is 455. The number of benzene rings is 1. The number of aromatic nitrogens is 2. The Balaban J connectivity index is 1.96. The number of hydrogen-bond acceptors (Lipinski definition) is 3. The number of aliphatic hydroxyl groups is 1. The minimum absolute atomic E-state index is 0.0656. The van der Waals surface area contributed by atoms with Gasteiger partial charge in [-0.05, 0) is 18.6 Å². The third-order valence-corrected chi connectivity index (χ3v) is 3.14. The molecule has 0 saturated heterocycles. The maximum absolute atomic E-state index is 9.61. The third kappa shape index (κ3) is 2.97. The lowest BCUT2D eigenvalue weighted by Gasteiger charge is -2.29. The first kappa shape index (κ1) is 12.8. The Labute approximate surface area is 107 Å². The van der Waals surface area contributed by atoms with Gasteiger partial charge in [-0.3, -0.25) is 4.68 Å². The van der Waals surface area contributed by atoms with E-state index in [2.05, 4.69) is 10.4 Å². The zero-order valence-electron chi connectivity index (χ0n) is 10.6. The quantitative estimate of drug-likeness (QED) is 0.808. The number of rotatable bonds is 6. The highest BCUT2D eigenvalue weighted by atomic mass is 16.3. The van der Waals surface area contributed by atoms with E-state index < -0.39 is 5.54 Å². The number of hydrogen-bond donors (Lipinski definition) is 2. The molecule has 0 radical (unpaired) electrons. The molecule has 1 aromatic carbocycles. The zero-order valence-corrected chi connectivity index (χ0v) is 10.6. The number of nitrogens with zero attached hydrogens (tertiary/aromatic N) is 2. The molecule has 4 heteroatoms. The molecule has 1 aromatic heterocycles. The normalized spacial score (nSPS) is 14.3. The second kappa shape index (κ2) is 5.80. The second-order valence-electron chi connectivity index (χ2n) is 4.55. The largest absolute Gasteiger partial charge is 0.394 e. The third-order valence-electron chi connectivity index (χ3n) is 3.14. The lowest BCUT2D eigenvalue weighted by molar-refractivity contribution is 0.173. The van der Waals surface area contributed by atoms with Crippen LogP contribution in [0, 0.1) is 0 Å². The molecule has 0 fully saturated rings. The van der Waals surface area contributed by atoms with E-state index in [1.807, 2.05) is 54.2 Å². The molecule has 1 heterocycles. The van der Waals surface area contributed by atoms with Gasteiger partial charge in [0, 0.05) is 18.9 Å². The molecular weight excluding hydrogens is 226 g/mol. The maximum atomic E-state index is 9.61. The minimum atomic E-state index is -0.408. The van der Waals surface area contributed by atoms with Gasteiger partial charge in [-0.2, -0.15) is 5.10 Å². The molecule has 0 aliphatic rings. The van der Waals surface area contributed by atoms with Gasteiger partial charge in [-0.25, -0.2) is 0 Å². The predicted octanol–water partition coefficient (Wildman–Crippen LogP) is 1.38. The van der Waals surface area contributed by atoms with Crippen LogP contribution in [0.3, 0.4) is 0 Å². The number of aliphatic hydroxyl groups excluding tert-OH is 1. The van der Waals surface area contributed by atoms with E-state index in [0.717, 1.165) is 18.7 Å². The molecule has 0 amide bonds. The summed E-state index contributed by atoms with van der Waals surface area (Å²) in [6.07, 6.45) is 3.70. The van der Waals surface area contributed by atoms with E-state index in [1.54, 1.807) is 6.20 Å². The Morgan fingerprint density at radius 1 is 1.28 bits per heavy atom. The van der Waals surface area contributed by atoms with Crippen LogP contribution in [0.1, 0.15) is 12.5 Å². The van der Waals surface area contributed by atoms with Gasteiger partial charge in [0.1, 0.15) is 0 Å². The van der Waals surface area contributed by atoms with Crippen LogP contribution >= 0.6 is 0 Å². The monoisotopic (exact) mass is 245 g/mol. The molecule has 0 aliphatic carbocycles. The van der Waals surface area contributed by atoms with Crippen molar-refractivity contribution in [2.75, 3.05) is 13.2 Å². The average Bonchev–Trinajstić information content (AvgIpc) is 2.93. The molecule has 2 N–H and O–H groups in total. The van der Waals surface area contributed by atoms with E-state index in [0.29, 0.717) is 0 Å². The Morgan fingerprint density at radius 3 is 2.67 bits per heavy atom. The van der Waals surface area contributed by atoms with Gasteiger partial charge in [-0.15, -0.1) is 0 Å². The van der Waals surface area contributed by atoms with Crippen LogP contribution in [0.15, 0.2) is 48.8 Å². The minimum Gasteiger partial charge on any atom is -0.394 e. The van der Waals surface area contributed by atoms with Crippen LogP contribution in [-0.4, -0.2) is 28.0 Å². The standard InChI is InChI=1S/C14H19N3O/c1-14(12-18,13-6-3-2-4-7-13)15-9-11-17-10-5-8-16-17/h2-8,10,15,18H,9,11-12H2,1H3. The van der Waals surface area contributed by atoms with Crippen molar-refractivity contribution in [3.05, 3.63) is 54.4 Å². The SMILES string of the molecule is CC(CO)(NCCn1cccn1)c1ccccc1. The highest BCUT2D eigenvalue weighted by Gasteiger charge is 2.24. The summed E-state index contributed by atoms with van der Waals surface area (Å²) in [6.45, 7) is 3.62. The smallest absolute Gasteiger partial charge is 0.0652 e. The zero-order chi connectivity index (χ0) is 12.8. The van der Waals surface area contributed by atoms with Crippen LogP contribution in [0.4, 0.5) is 0 Å². The van der Waals surface area contributed by atoms with Crippen molar-refractivity contribution in [2.24, 2.45) is 0 Å². The van der Waals surface area contributed by atoms with Gasteiger partial charge in [0.2, 0.25) is 0 Å². The molecule has 18 heavy (non-hydrogen) atoms. The van der Waals surface area contributed by atoms with Crippen LogP contribution < -0.4 is 5.32 Å². The van der Waals surface area contributed by atoms with Crippen molar-refractivity contribution in [3.8, 4) is 0 Å². The summed E-state index contributed by atoms with van der Waals surface area (Å²) in [6, 6.07) is 11.9. The van der Waals surface area contributed by atoms with Gasteiger partial charge in [0.05, 0.1) is 18.7 Å². The van der Waals surface area contributed by atoms with Crippen LogP contribution in [0.5, 0.6) is 0 Å². The van der Waals surface area contributed by atoms with Crippen molar-refractivity contribution < 1.29 is 5.11 Å². The highest BCUT2D eigenvalue weighted by molar-refractivity contribution is 5.23. The van der Waals surface area contributed by atoms with Gasteiger partial charge in [-0.1, -0.05) is 30.3 Å². The first-order valence-corrected chi connectivity index (χ1v) is 6.13. The number of nitrogens with one attached hydrogen (secondary N) is 1. The predicted molar refractivity (Wildman–Crippen MR) is 71.1 cm³/mol. The van der Waals surface area contributed by atoms with E-state index in [4.69, 9.17) is 0 Å². The van der Waals surface area contributed by atoms with Crippen LogP contribution in [0.25, 0.3) is 0 Å². The molecule has 1 unspecified atom stereocenters. The second-order valence-corrected chi connectivity index (χ2v) is 4.55. The summed E-state index contributed by atoms with van der Waals surface area (Å²) in [5.41, 5.74) is 0.682. The molecule has 4 nitrogen and oxygen atoms in total. The molecule has 0 bridgehead atoms. The average molecular weight is 245 g/mol. The first-order valence-electron chi connectivity index (χ1n) is 6.13. The van der Waals surface area contributed by atoms with Crippen molar-refractivity contribution in [1.29, 1.82) is 0 Å². The molecule has 96 valence electrons. The molecule has 1 atom stereocenters. The van der Waals surface area contributed by atoms with E-state index in [9.17, 15) is 5.11 Å². The van der Waals surface area contributed by atoms with E-state index in [-0.39, 0.29) is 6.61 Å². The van der Waals surface area contributed by atoms with Gasteiger partial charge < -0.3 is 10.4 Å².